The Kier molecular flexibility index (Phi) is 5.55. The van der Waals surface area contributed by atoms with Gasteiger partial charge in [0, 0.05) is 5.39 Å². The van der Waals surface area contributed by atoms with Crippen molar-refractivity contribution in [1.82, 2.24) is 0 Å². The quantitative estimate of drug-likeness (QED) is 0.738. The first-order chi connectivity index (χ1) is 11.4. The van der Waals surface area contributed by atoms with Crippen LogP contribution in [0.2, 0.25) is 0 Å². The van der Waals surface area contributed by atoms with Gasteiger partial charge in [0.25, 0.3) is 0 Å². The van der Waals surface area contributed by atoms with Gasteiger partial charge in [-0.2, -0.15) is 0 Å². The molecule has 0 radical (unpaired) electrons. The van der Waals surface area contributed by atoms with Gasteiger partial charge in [-0.1, -0.05) is 0 Å². The van der Waals surface area contributed by atoms with E-state index in [1.165, 1.54) is 0 Å². The van der Waals surface area contributed by atoms with Crippen LogP contribution in [0.15, 0.2) is 5.38 Å². The van der Waals surface area contributed by atoms with Gasteiger partial charge in [0.1, 0.15) is 0 Å². The zero-order chi connectivity index (χ0) is 17.9. The van der Waals surface area contributed by atoms with Gasteiger partial charge in [-0.25, -0.2) is 18.4 Å². The summed E-state index contributed by atoms with van der Waals surface area (Å²) in [6, 6.07) is 0. The smallest absolute Gasteiger partial charge is 0.343 e. The summed E-state index contributed by atoms with van der Waals surface area (Å²) in [6.45, 7) is 0.327. The highest BCUT2D eigenvalue weighted by Crippen LogP contribution is 2.43. The summed E-state index contributed by atoms with van der Waals surface area (Å²) in [6.07, 6.45) is 0. The normalized spacial score (nSPS) is 10.5. The molecule has 9 heteroatoms. The number of fused-ring (bicyclic) bond motifs is 1. The van der Waals surface area contributed by atoms with E-state index >= 15 is 0 Å². The van der Waals surface area contributed by atoms with Crippen molar-refractivity contribution in [2.75, 3.05) is 27.4 Å². The van der Waals surface area contributed by atoms with Gasteiger partial charge in [0.2, 0.25) is 11.5 Å². The second kappa shape index (κ2) is 7.43. The van der Waals surface area contributed by atoms with Gasteiger partial charge in [0.15, 0.2) is 24.8 Å². The van der Waals surface area contributed by atoms with Crippen LogP contribution in [0.3, 0.4) is 0 Å². The molecule has 0 saturated carbocycles. The number of carbonyl (C=O) groups excluding carboxylic acids is 2. The van der Waals surface area contributed by atoms with E-state index in [9.17, 15) is 18.4 Å². The number of hydrogen-bond donors (Lipinski definition) is 0. The lowest BCUT2D eigenvalue weighted by atomic mass is 10.1. The monoisotopic (exact) mass is 360 g/mol. The predicted octanol–water partition coefficient (Wildman–Crippen LogP) is 2.59. The maximum Gasteiger partial charge on any atom is 0.343 e. The second-order valence-corrected chi connectivity index (χ2v) is 5.52. The average molecular weight is 360 g/mol. The minimum atomic E-state index is -0.881. The van der Waals surface area contributed by atoms with E-state index in [-0.39, 0.29) is 10.1 Å². The summed E-state index contributed by atoms with van der Waals surface area (Å²) < 4.78 is 48.3. The zero-order valence-corrected chi connectivity index (χ0v) is 13.9. The third-order valence-electron chi connectivity index (χ3n) is 3.12. The summed E-state index contributed by atoms with van der Waals surface area (Å²) in [7, 11) is 2.26. The summed E-state index contributed by atoms with van der Waals surface area (Å²) >= 11 is 0.988. The van der Waals surface area contributed by atoms with E-state index in [1.807, 2.05) is 0 Å². The van der Waals surface area contributed by atoms with Crippen LogP contribution in [0.1, 0.15) is 5.56 Å². The minimum absolute atomic E-state index is 0.0234. The molecule has 1 aromatic heterocycles. The Hall–Kier alpha value is -2.42. The summed E-state index contributed by atoms with van der Waals surface area (Å²) in [5, 5.41) is 1.60. The number of rotatable bonds is 6. The maximum atomic E-state index is 14.7. The van der Waals surface area contributed by atoms with Crippen molar-refractivity contribution in [3.63, 3.8) is 0 Å². The lowest BCUT2D eigenvalue weighted by molar-refractivity contribution is -0.144. The van der Waals surface area contributed by atoms with Crippen LogP contribution in [0.5, 0.6) is 11.5 Å². The number of halogens is 2. The molecule has 0 atom stereocenters. The average Bonchev–Trinajstić information content (AvgIpc) is 2.97. The summed E-state index contributed by atoms with van der Waals surface area (Å²) in [5.74, 6) is -4.53. The standard InChI is InChI=1S/C15H14F2O6S/c1-7-6-24-15-10(7)11(16)13(22-4-8(18)20-2)14(12(15)17)23-5-9(19)21-3/h6H,4-5H2,1-3H3. The molecule has 130 valence electrons. The molecule has 0 bridgehead atoms. The Morgan fingerprint density at radius 1 is 1.00 bits per heavy atom. The predicted molar refractivity (Wildman–Crippen MR) is 81.5 cm³/mol. The Morgan fingerprint density at radius 2 is 1.50 bits per heavy atom. The first kappa shape index (κ1) is 17.9. The first-order valence-electron chi connectivity index (χ1n) is 6.68. The second-order valence-electron chi connectivity index (χ2n) is 4.64. The molecule has 0 spiro atoms. The Labute approximate surface area is 139 Å². The molecule has 1 heterocycles. The molecular formula is C15H14F2O6S. The highest BCUT2D eigenvalue weighted by molar-refractivity contribution is 7.17. The molecule has 0 saturated heterocycles. The number of carbonyl (C=O) groups is 2. The molecule has 24 heavy (non-hydrogen) atoms. The van der Waals surface area contributed by atoms with E-state index < -0.39 is 48.3 Å². The number of esters is 2. The lowest BCUT2D eigenvalue weighted by Crippen LogP contribution is -2.17. The van der Waals surface area contributed by atoms with Crippen molar-refractivity contribution in [3.05, 3.63) is 22.6 Å². The lowest BCUT2D eigenvalue weighted by Gasteiger charge is -2.14. The van der Waals surface area contributed by atoms with E-state index in [0.717, 1.165) is 25.6 Å². The molecule has 0 aliphatic carbocycles. The number of benzene rings is 1. The molecule has 0 aliphatic heterocycles. The molecule has 6 nitrogen and oxygen atoms in total. The van der Waals surface area contributed by atoms with Gasteiger partial charge >= 0.3 is 11.9 Å². The molecule has 0 aliphatic rings. The van der Waals surface area contributed by atoms with Crippen LogP contribution in [0, 0.1) is 18.6 Å². The van der Waals surface area contributed by atoms with Gasteiger partial charge in [-0.05, 0) is 17.9 Å². The molecule has 0 fully saturated rings. The van der Waals surface area contributed by atoms with Crippen molar-refractivity contribution < 1.29 is 37.3 Å². The number of hydrogen-bond acceptors (Lipinski definition) is 7. The van der Waals surface area contributed by atoms with Crippen LogP contribution >= 0.6 is 11.3 Å². The number of thiophene rings is 1. The SMILES string of the molecule is COC(=O)COc1c(OCC(=O)OC)c(F)c2c(C)csc2c1F. The topological polar surface area (TPSA) is 71.1 Å². The fraction of sp³-hybridized carbons (Fsp3) is 0.333. The van der Waals surface area contributed by atoms with Crippen molar-refractivity contribution in [1.29, 1.82) is 0 Å². The molecule has 0 unspecified atom stereocenters. The Balaban J connectivity index is 2.51. The van der Waals surface area contributed by atoms with Gasteiger partial charge < -0.3 is 18.9 Å². The van der Waals surface area contributed by atoms with Gasteiger partial charge in [0.05, 0.1) is 18.9 Å². The number of methoxy groups -OCH3 is 2. The van der Waals surface area contributed by atoms with Crippen LogP contribution in [-0.4, -0.2) is 39.4 Å². The van der Waals surface area contributed by atoms with Gasteiger partial charge in [-0.3, -0.25) is 0 Å². The maximum absolute atomic E-state index is 14.7. The fourth-order valence-corrected chi connectivity index (χ4v) is 2.91. The Bertz CT molecular complexity index is 786. The van der Waals surface area contributed by atoms with Crippen LogP contribution in [0.25, 0.3) is 10.1 Å². The van der Waals surface area contributed by atoms with E-state index in [2.05, 4.69) is 9.47 Å². The molecule has 2 rings (SSSR count). The van der Waals surface area contributed by atoms with Crippen LogP contribution in [-0.2, 0) is 19.1 Å². The fourth-order valence-electron chi connectivity index (χ4n) is 1.93. The highest BCUT2D eigenvalue weighted by atomic mass is 32.1. The molecule has 1 aromatic carbocycles. The van der Waals surface area contributed by atoms with E-state index in [4.69, 9.17) is 9.47 Å². The number of aryl methyl sites for hydroxylation is 1. The van der Waals surface area contributed by atoms with Crippen molar-refractivity contribution in [3.8, 4) is 11.5 Å². The summed E-state index contributed by atoms with van der Waals surface area (Å²) in [4.78, 5) is 22.4. The van der Waals surface area contributed by atoms with Gasteiger partial charge in [-0.15, -0.1) is 11.3 Å². The van der Waals surface area contributed by atoms with Crippen molar-refractivity contribution in [2.24, 2.45) is 0 Å². The molecule has 0 N–H and O–H groups in total. The molecule has 2 aromatic rings. The highest BCUT2D eigenvalue weighted by Gasteiger charge is 2.26. The third-order valence-corrected chi connectivity index (χ3v) is 4.21. The van der Waals surface area contributed by atoms with E-state index in [1.54, 1.807) is 12.3 Å². The Morgan fingerprint density at radius 3 is 2.00 bits per heavy atom. The molecule has 0 amide bonds. The summed E-state index contributed by atoms with van der Waals surface area (Å²) in [5.41, 5.74) is 0.508. The van der Waals surface area contributed by atoms with Crippen molar-refractivity contribution in [2.45, 2.75) is 6.92 Å². The zero-order valence-electron chi connectivity index (χ0n) is 13.1. The molecular weight excluding hydrogens is 346 g/mol. The first-order valence-corrected chi connectivity index (χ1v) is 7.56. The largest absolute Gasteiger partial charge is 0.475 e. The minimum Gasteiger partial charge on any atom is -0.475 e. The van der Waals surface area contributed by atoms with E-state index in [0.29, 0.717) is 5.56 Å². The third kappa shape index (κ3) is 3.40. The van der Waals surface area contributed by atoms with Crippen molar-refractivity contribution >= 4 is 33.4 Å². The van der Waals surface area contributed by atoms with Crippen LogP contribution in [0.4, 0.5) is 8.78 Å². The van der Waals surface area contributed by atoms with Crippen LogP contribution < -0.4 is 9.47 Å². The number of ether oxygens (including phenoxy) is 4.